The van der Waals surface area contributed by atoms with Crippen molar-refractivity contribution in [1.82, 2.24) is 9.27 Å². The Bertz CT molecular complexity index is 1270. The number of carbonyl (C=O) groups excluding carboxylic acids is 1. The molecule has 2 aliphatic heterocycles. The van der Waals surface area contributed by atoms with E-state index in [1.807, 2.05) is 6.07 Å². The Labute approximate surface area is 207 Å². The van der Waals surface area contributed by atoms with Crippen LogP contribution in [0.1, 0.15) is 11.1 Å². The van der Waals surface area contributed by atoms with Gasteiger partial charge < -0.3 is 15.7 Å². The van der Waals surface area contributed by atoms with Gasteiger partial charge in [0.25, 0.3) is 10.1 Å². The average molecular weight is 527 g/mol. The number of hydrogen-bond acceptors (Lipinski definition) is 7. The highest BCUT2D eigenvalue weighted by molar-refractivity contribution is 7.85. The van der Waals surface area contributed by atoms with Crippen LogP contribution < -0.4 is 10.2 Å². The second-order valence-electron chi connectivity index (χ2n) is 8.14. The molecule has 4 N–H and O–H groups in total. The molecule has 34 heavy (non-hydrogen) atoms. The molecular weight excluding hydrogens is 500 g/mol. The fraction of sp³-hybridized carbons (Fsp3) is 0.364. The number of nitrogens with zero attached hydrogens (tertiary/aromatic N) is 3. The summed E-state index contributed by atoms with van der Waals surface area (Å²) in [6, 6.07) is 12.4. The number of hydrogen-bond donors (Lipinski definition) is 2. The van der Waals surface area contributed by atoms with Gasteiger partial charge in [-0.25, -0.2) is 0 Å². The number of aromatic nitrogens is 1. The molecule has 0 radical (unpaired) electrons. The fourth-order valence-corrected chi connectivity index (χ4v) is 5.11. The third-order valence-corrected chi connectivity index (χ3v) is 6.79. The quantitative estimate of drug-likeness (QED) is 0.499. The van der Waals surface area contributed by atoms with Gasteiger partial charge in [-0.1, -0.05) is 29.8 Å². The van der Waals surface area contributed by atoms with E-state index in [1.165, 1.54) is 10.1 Å². The van der Waals surface area contributed by atoms with Crippen LogP contribution in [0.5, 0.6) is 0 Å². The van der Waals surface area contributed by atoms with Gasteiger partial charge in [0.15, 0.2) is 0 Å². The highest BCUT2D eigenvalue weighted by atomic mass is 35.5. The van der Waals surface area contributed by atoms with Crippen LogP contribution in [-0.2, 0) is 27.8 Å². The minimum absolute atomic E-state index is 0. The third-order valence-electron chi connectivity index (χ3n) is 5.62. The van der Waals surface area contributed by atoms with Crippen molar-refractivity contribution in [3.63, 3.8) is 0 Å². The lowest BCUT2D eigenvalue weighted by Crippen LogP contribution is -2.47. The zero-order valence-electron chi connectivity index (χ0n) is 18.6. The number of piperazine rings is 1. The summed E-state index contributed by atoms with van der Waals surface area (Å²) in [6.07, 6.45) is 2.08. The van der Waals surface area contributed by atoms with Crippen molar-refractivity contribution in [1.29, 1.82) is 0 Å². The van der Waals surface area contributed by atoms with Gasteiger partial charge in [-0.05, 0) is 47.3 Å². The molecule has 0 saturated carbocycles. The molecule has 184 valence electrons. The van der Waals surface area contributed by atoms with Crippen molar-refractivity contribution in [2.75, 3.05) is 49.2 Å². The Morgan fingerprint density at radius 1 is 1.18 bits per heavy atom. The molecule has 2 aromatic carbocycles. The molecule has 0 atom stereocenters. The van der Waals surface area contributed by atoms with Crippen LogP contribution in [0.2, 0.25) is 5.02 Å². The van der Waals surface area contributed by atoms with Crippen LogP contribution in [0.3, 0.4) is 0 Å². The van der Waals surface area contributed by atoms with Crippen molar-refractivity contribution in [3.05, 3.63) is 52.5 Å². The molecule has 1 fully saturated rings. The van der Waals surface area contributed by atoms with E-state index in [2.05, 4.69) is 49.8 Å². The third kappa shape index (κ3) is 6.65. The molecule has 0 spiro atoms. The van der Waals surface area contributed by atoms with Gasteiger partial charge in [0.2, 0.25) is 5.91 Å². The van der Waals surface area contributed by atoms with E-state index in [9.17, 15) is 13.2 Å². The highest BCUT2D eigenvalue weighted by Crippen LogP contribution is 2.31. The first-order valence-corrected chi connectivity index (χ1v) is 13.5. The monoisotopic (exact) mass is 526 g/mol. The van der Waals surface area contributed by atoms with E-state index >= 15 is 0 Å². The first-order valence-electron chi connectivity index (χ1n) is 10.5. The number of nitrogens with one attached hydrogen (secondary N) is 1. The number of carbonyl (C=O) groups is 1. The molecule has 12 heteroatoms. The van der Waals surface area contributed by atoms with Crippen molar-refractivity contribution in [3.8, 4) is 0 Å². The summed E-state index contributed by atoms with van der Waals surface area (Å²) in [5.74, 6) is 1.17. The number of amides is 1. The van der Waals surface area contributed by atoms with Gasteiger partial charge in [0.05, 0.1) is 17.4 Å². The van der Waals surface area contributed by atoms with Crippen molar-refractivity contribution >= 4 is 60.8 Å². The smallest absolute Gasteiger partial charge is 0.261 e. The molecular formula is C22H27ClN4O5S2. The molecule has 1 saturated heterocycles. The van der Waals surface area contributed by atoms with Gasteiger partial charge in [0.1, 0.15) is 5.82 Å². The Morgan fingerprint density at radius 2 is 1.85 bits per heavy atom. The molecule has 1 aromatic heterocycles. The molecule has 2 aliphatic rings. The van der Waals surface area contributed by atoms with Crippen LogP contribution >= 0.6 is 23.1 Å². The van der Waals surface area contributed by atoms with Crippen LogP contribution in [-0.4, -0.2) is 72.6 Å². The van der Waals surface area contributed by atoms with Gasteiger partial charge in [-0.2, -0.15) is 12.8 Å². The van der Waals surface area contributed by atoms with Gasteiger partial charge in [-0.3, -0.25) is 14.2 Å². The number of rotatable bonds is 4. The number of fused-ring (bicyclic) bond motifs is 2. The van der Waals surface area contributed by atoms with E-state index in [0.29, 0.717) is 12.7 Å². The minimum Gasteiger partial charge on any atom is -0.412 e. The lowest BCUT2D eigenvalue weighted by molar-refractivity contribution is -0.115. The summed E-state index contributed by atoms with van der Waals surface area (Å²) in [6.45, 7) is 5.00. The molecule has 0 bridgehead atoms. The SMILES string of the molecule is CS(=O)(=O)O.O.O=C1Cc2cc(CCN3CCN(c4nsc5ccccc45)CC3)c(Cl)cc2N1. The first kappa shape index (κ1) is 26.3. The number of anilines is 2. The predicted molar refractivity (Wildman–Crippen MR) is 137 cm³/mol. The van der Waals surface area contributed by atoms with Crippen molar-refractivity contribution in [2.45, 2.75) is 12.8 Å². The molecule has 0 aliphatic carbocycles. The Balaban J connectivity index is 0.000000492. The van der Waals surface area contributed by atoms with Crippen molar-refractivity contribution < 1.29 is 23.2 Å². The van der Waals surface area contributed by atoms with E-state index in [-0.39, 0.29) is 11.4 Å². The Morgan fingerprint density at radius 3 is 2.56 bits per heavy atom. The molecule has 3 aromatic rings. The zero-order valence-corrected chi connectivity index (χ0v) is 21.0. The van der Waals surface area contributed by atoms with Crippen LogP contribution in [0.25, 0.3) is 10.1 Å². The summed E-state index contributed by atoms with van der Waals surface area (Å²) in [5.41, 5.74) is 3.05. The van der Waals surface area contributed by atoms with E-state index in [1.54, 1.807) is 11.5 Å². The minimum atomic E-state index is -3.67. The standard InChI is InChI=1S/C21H21ClN4OS.CH4O3S.H2O/c22-17-13-18-15(12-20(27)23-18)11-14(17)5-6-25-7-9-26(10-8-25)21-16-3-1-2-4-19(16)28-24-21;1-5(2,3)4;/h1-4,11,13H,5-10,12H2,(H,23,27);1H3,(H,2,3,4);1H2. The van der Waals surface area contributed by atoms with Crippen LogP contribution in [0.4, 0.5) is 11.5 Å². The maximum absolute atomic E-state index is 11.6. The molecule has 1 amide bonds. The number of halogens is 1. The molecule has 0 unspecified atom stereocenters. The van der Waals surface area contributed by atoms with Gasteiger partial charge in [-0.15, -0.1) is 0 Å². The topological polar surface area (TPSA) is 134 Å². The second kappa shape index (κ2) is 11.0. The first-order chi connectivity index (χ1) is 15.7. The molecule has 3 heterocycles. The predicted octanol–water partition coefficient (Wildman–Crippen LogP) is 2.49. The Kier molecular flexibility index (Phi) is 8.50. The van der Waals surface area contributed by atoms with E-state index in [0.717, 1.165) is 66.8 Å². The lowest BCUT2D eigenvalue weighted by Gasteiger charge is -2.35. The van der Waals surface area contributed by atoms with Crippen molar-refractivity contribution in [2.24, 2.45) is 0 Å². The number of benzene rings is 2. The summed E-state index contributed by atoms with van der Waals surface area (Å²) >= 11 is 8.01. The molecule has 5 rings (SSSR count). The second-order valence-corrected chi connectivity index (χ2v) is 10.8. The Hall–Kier alpha value is -2.28. The van der Waals surface area contributed by atoms with Crippen LogP contribution in [0.15, 0.2) is 36.4 Å². The van der Waals surface area contributed by atoms with Gasteiger partial charge >= 0.3 is 0 Å². The summed E-state index contributed by atoms with van der Waals surface area (Å²) in [4.78, 5) is 16.4. The summed E-state index contributed by atoms with van der Waals surface area (Å²) in [5, 5.41) is 4.86. The van der Waals surface area contributed by atoms with Gasteiger partial charge in [0, 0.05) is 48.8 Å². The lowest BCUT2D eigenvalue weighted by atomic mass is 10.1. The maximum atomic E-state index is 11.6. The maximum Gasteiger partial charge on any atom is 0.261 e. The fourth-order valence-electron chi connectivity index (χ4n) is 4.05. The highest BCUT2D eigenvalue weighted by Gasteiger charge is 2.22. The largest absolute Gasteiger partial charge is 0.412 e. The zero-order chi connectivity index (χ0) is 23.6. The molecule has 9 nitrogen and oxygen atoms in total. The van der Waals surface area contributed by atoms with E-state index < -0.39 is 10.1 Å². The average Bonchev–Trinajstić information content (AvgIpc) is 3.33. The summed E-state index contributed by atoms with van der Waals surface area (Å²) in [7, 11) is -3.67. The normalized spacial score (nSPS) is 15.9. The summed E-state index contributed by atoms with van der Waals surface area (Å²) < 4.78 is 31.8. The van der Waals surface area contributed by atoms with Crippen LogP contribution in [0, 0.1) is 0 Å². The van der Waals surface area contributed by atoms with E-state index in [4.69, 9.17) is 16.2 Å².